The second-order valence-corrected chi connectivity index (χ2v) is 7.43. The van der Waals surface area contributed by atoms with Crippen molar-refractivity contribution < 1.29 is 13.2 Å². The first-order valence-electron chi connectivity index (χ1n) is 8.01. The van der Waals surface area contributed by atoms with Crippen LogP contribution in [0.3, 0.4) is 0 Å². The van der Waals surface area contributed by atoms with Crippen molar-refractivity contribution in [1.82, 2.24) is 19.5 Å². The van der Waals surface area contributed by atoms with E-state index in [2.05, 4.69) is 14.8 Å². The van der Waals surface area contributed by atoms with Crippen molar-refractivity contribution in [2.24, 2.45) is 0 Å². The Kier molecular flexibility index (Phi) is 5.24. The molecule has 0 amide bonds. The van der Waals surface area contributed by atoms with E-state index in [-0.39, 0.29) is 17.2 Å². The molecule has 0 saturated heterocycles. The van der Waals surface area contributed by atoms with Gasteiger partial charge in [-0.1, -0.05) is 18.2 Å². The zero-order chi connectivity index (χ0) is 18.6. The summed E-state index contributed by atoms with van der Waals surface area (Å²) in [6.45, 7) is 1.95. The first-order chi connectivity index (χ1) is 12.5. The second kappa shape index (κ2) is 7.59. The van der Waals surface area contributed by atoms with Gasteiger partial charge in [-0.3, -0.25) is 14.5 Å². The van der Waals surface area contributed by atoms with Crippen molar-refractivity contribution in [1.29, 1.82) is 0 Å². The summed E-state index contributed by atoms with van der Waals surface area (Å²) < 4.78 is 28.9. The van der Waals surface area contributed by atoms with E-state index in [1.165, 1.54) is 19.1 Å². The fourth-order valence-corrected chi connectivity index (χ4v) is 3.46. The largest absolute Gasteiger partial charge is 0.295 e. The van der Waals surface area contributed by atoms with Crippen LogP contribution < -0.4 is 4.72 Å². The highest BCUT2D eigenvalue weighted by Crippen LogP contribution is 2.13. The van der Waals surface area contributed by atoms with Gasteiger partial charge in [0.05, 0.1) is 17.1 Å². The SMILES string of the molecule is CC(=O)c1cccc(S(=O)(=O)NCCn2ccc(-c3ccccn3)n2)c1. The molecule has 3 aromatic rings. The fourth-order valence-electron chi connectivity index (χ4n) is 2.40. The molecular formula is C18H18N4O3S. The number of benzene rings is 1. The maximum absolute atomic E-state index is 12.4. The number of hydrogen-bond donors (Lipinski definition) is 1. The standard InChI is InChI=1S/C18H18N4O3S/c1-14(23)15-5-4-6-16(13-15)26(24,25)20-10-12-22-11-8-18(21-22)17-7-2-3-9-19-17/h2-9,11,13,20H,10,12H2,1H3. The van der Waals surface area contributed by atoms with E-state index in [1.807, 2.05) is 24.3 Å². The Balaban J connectivity index is 1.63. The number of carbonyl (C=O) groups is 1. The van der Waals surface area contributed by atoms with Crippen LogP contribution in [0.4, 0.5) is 0 Å². The summed E-state index contributed by atoms with van der Waals surface area (Å²) in [5.74, 6) is -0.180. The van der Waals surface area contributed by atoms with E-state index < -0.39 is 10.0 Å². The number of aromatic nitrogens is 3. The molecule has 0 radical (unpaired) electrons. The highest BCUT2D eigenvalue weighted by Gasteiger charge is 2.15. The summed E-state index contributed by atoms with van der Waals surface area (Å²) in [5, 5.41) is 4.38. The summed E-state index contributed by atoms with van der Waals surface area (Å²) in [6, 6.07) is 13.4. The predicted octanol–water partition coefficient (Wildman–Crippen LogP) is 2.13. The smallest absolute Gasteiger partial charge is 0.240 e. The Hall–Kier alpha value is -2.84. The van der Waals surface area contributed by atoms with Crippen LogP contribution in [0, 0.1) is 0 Å². The summed E-state index contributed by atoms with van der Waals surface area (Å²) in [6.07, 6.45) is 3.46. The molecule has 7 nitrogen and oxygen atoms in total. The average Bonchev–Trinajstić information content (AvgIpc) is 3.11. The Morgan fingerprint density at radius 1 is 1.12 bits per heavy atom. The lowest BCUT2D eigenvalue weighted by Gasteiger charge is -2.08. The zero-order valence-electron chi connectivity index (χ0n) is 14.2. The molecule has 26 heavy (non-hydrogen) atoms. The number of pyridine rings is 1. The maximum Gasteiger partial charge on any atom is 0.240 e. The third-order valence-electron chi connectivity index (χ3n) is 3.75. The number of carbonyl (C=O) groups excluding carboxylic acids is 1. The van der Waals surface area contributed by atoms with Gasteiger partial charge in [0.15, 0.2) is 5.78 Å². The Bertz CT molecular complexity index is 1010. The second-order valence-electron chi connectivity index (χ2n) is 5.66. The predicted molar refractivity (Wildman–Crippen MR) is 97.1 cm³/mol. The van der Waals surface area contributed by atoms with Crippen LogP contribution in [0.2, 0.25) is 0 Å². The maximum atomic E-state index is 12.4. The van der Waals surface area contributed by atoms with Gasteiger partial charge < -0.3 is 0 Å². The molecule has 1 aromatic carbocycles. The van der Waals surface area contributed by atoms with E-state index in [9.17, 15) is 13.2 Å². The van der Waals surface area contributed by atoms with Crippen molar-refractivity contribution in [3.05, 3.63) is 66.5 Å². The van der Waals surface area contributed by atoms with Crippen molar-refractivity contribution in [2.45, 2.75) is 18.4 Å². The van der Waals surface area contributed by atoms with E-state index in [1.54, 1.807) is 29.2 Å². The van der Waals surface area contributed by atoms with Gasteiger partial charge in [0.1, 0.15) is 5.69 Å². The quantitative estimate of drug-likeness (QED) is 0.643. The Morgan fingerprint density at radius 2 is 1.96 bits per heavy atom. The van der Waals surface area contributed by atoms with Crippen LogP contribution in [0.1, 0.15) is 17.3 Å². The minimum absolute atomic E-state index is 0.0693. The third kappa shape index (κ3) is 4.22. The number of rotatable bonds is 7. The van der Waals surface area contributed by atoms with Gasteiger partial charge in [-0.2, -0.15) is 5.10 Å². The Morgan fingerprint density at radius 3 is 2.69 bits per heavy atom. The molecule has 0 unspecified atom stereocenters. The molecule has 0 spiro atoms. The number of sulfonamides is 1. The van der Waals surface area contributed by atoms with Gasteiger partial charge in [-0.05, 0) is 37.3 Å². The molecule has 0 saturated carbocycles. The summed E-state index contributed by atoms with van der Waals surface area (Å²) in [7, 11) is -3.69. The molecule has 0 atom stereocenters. The Labute approximate surface area is 151 Å². The number of nitrogens with one attached hydrogen (secondary N) is 1. The highest BCUT2D eigenvalue weighted by molar-refractivity contribution is 7.89. The highest BCUT2D eigenvalue weighted by atomic mass is 32.2. The molecule has 0 aliphatic heterocycles. The number of hydrogen-bond acceptors (Lipinski definition) is 5. The normalized spacial score (nSPS) is 11.4. The van der Waals surface area contributed by atoms with Gasteiger partial charge in [0.25, 0.3) is 0 Å². The fraction of sp³-hybridized carbons (Fsp3) is 0.167. The minimum atomic E-state index is -3.69. The van der Waals surface area contributed by atoms with Crippen LogP contribution in [-0.2, 0) is 16.6 Å². The molecule has 8 heteroatoms. The van der Waals surface area contributed by atoms with Gasteiger partial charge in [0, 0.05) is 24.5 Å². The summed E-state index contributed by atoms with van der Waals surface area (Å²) in [4.78, 5) is 15.7. The van der Waals surface area contributed by atoms with Crippen molar-refractivity contribution >= 4 is 15.8 Å². The van der Waals surface area contributed by atoms with Gasteiger partial charge >= 0.3 is 0 Å². The molecule has 3 rings (SSSR count). The summed E-state index contributed by atoms with van der Waals surface area (Å²) in [5.41, 5.74) is 1.84. The molecule has 0 aliphatic carbocycles. The molecular weight excluding hydrogens is 352 g/mol. The topological polar surface area (TPSA) is 94.0 Å². The van der Waals surface area contributed by atoms with E-state index >= 15 is 0 Å². The molecule has 0 aliphatic rings. The van der Waals surface area contributed by atoms with Crippen LogP contribution in [0.15, 0.2) is 65.8 Å². The van der Waals surface area contributed by atoms with Gasteiger partial charge in [-0.15, -0.1) is 0 Å². The first-order valence-corrected chi connectivity index (χ1v) is 9.49. The van der Waals surface area contributed by atoms with Crippen LogP contribution in [-0.4, -0.2) is 35.5 Å². The molecule has 2 heterocycles. The van der Waals surface area contributed by atoms with Crippen molar-refractivity contribution in [2.75, 3.05) is 6.54 Å². The summed E-state index contributed by atoms with van der Waals surface area (Å²) >= 11 is 0. The lowest BCUT2D eigenvalue weighted by Crippen LogP contribution is -2.27. The molecule has 0 bridgehead atoms. The number of ketones is 1. The van der Waals surface area contributed by atoms with Crippen LogP contribution >= 0.6 is 0 Å². The monoisotopic (exact) mass is 370 g/mol. The lowest BCUT2D eigenvalue weighted by molar-refractivity contribution is 0.101. The number of Topliss-reactive ketones (excluding diaryl/α,β-unsaturated/α-hetero) is 1. The first kappa shape index (κ1) is 18.0. The number of nitrogens with zero attached hydrogens (tertiary/aromatic N) is 3. The molecule has 0 fully saturated rings. The molecule has 1 N–H and O–H groups in total. The third-order valence-corrected chi connectivity index (χ3v) is 5.21. The van der Waals surface area contributed by atoms with Crippen molar-refractivity contribution in [3.8, 4) is 11.4 Å². The molecule has 134 valence electrons. The minimum Gasteiger partial charge on any atom is -0.295 e. The van der Waals surface area contributed by atoms with Gasteiger partial charge in [-0.25, -0.2) is 13.1 Å². The van der Waals surface area contributed by atoms with Crippen LogP contribution in [0.25, 0.3) is 11.4 Å². The van der Waals surface area contributed by atoms with Crippen molar-refractivity contribution in [3.63, 3.8) is 0 Å². The average molecular weight is 370 g/mol. The van der Waals surface area contributed by atoms with E-state index in [0.717, 1.165) is 11.4 Å². The van der Waals surface area contributed by atoms with E-state index in [0.29, 0.717) is 12.1 Å². The molecule has 2 aromatic heterocycles. The lowest BCUT2D eigenvalue weighted by atomic mass is 10.2. The van der Waals surface area contributed by atoms with Crippen LogP contribution in [0.5, 0.6) is 0 Å². The zero-order valence-corrected chi connectivity index (χ0v) is 15.0. The van der Waals surface area contributed by atoms with Gasteiger partial charge in [0.2, 0.25) is 10.0 Å². The van der Waals surface area contributed by atoms with E-state index in [4.69, 9.17) is 0 Å².